The van der Waals surface area contributed by atoms with Crippen LogP contribution < -0.4 is 0 Å². The summed E-state index contributed by atoms with van der Waals surface area (Å²) in [6, 6.07) is 0. The van der Waals surface area contributed by atoms with Crippen molar-refractivity contribution in [2.24, 2.45) is 0 Å². The van der Waals surface area contributed by atoms with E-state index in [4.69, 9.17) is 24.4 Å². The highest BCUT2D eigenvalue weighted by molar-refractivity contribution is 7.46. The first-order chi connectivity index (χ1) is 15.7. The molecule has 0 radical (unpaired) electrons. The Balaban J connectivity index is 2.33. The predicted octanol–water partition coefficient (Wildman–Crippen LogP) is 3.32. The summed E-state index contributed by atoms with van der Waals surface area (Å²) >= 11 is 0. The van der Waals surface area contributed by atoms with Crippen molar-refractivity contribution >= 4 is 14.0 Å². The Labute approximate surface area is 195 Å². The molecule has 1 rings (SSSR count). The highest BCUT2D eigenvalue weighted by Crippen LogP contribution is 2.41. The second-order valence-corrected chi connectivity index (χ2v) is 9.61. The van der Waals surface area contributed by atoms with Gasteiger partial charge in [-0.1, -0.05) is 77.6 Å². The molecule has 11 nitrogen and oxygen atoms in total. The summed E-state index contributed by atoms with van der Waals surface area (Å²) in [5.74, 6) is 0. The van der Waals surface area contributed by atoms with Crippen molar-refractivity contribution in [3.8, 4) is 0 Å². The average Bonchev–Trinajstić information content (AvgIpc) is 2.74. The van der Waals surface area contributed by atoms with E-state index in [2.05, 4.69) is 16.2 Å². The fourth-order valence-electron chi connectivity index (χ4n) is 3.74. The topological polar surface area (TPSA) is 172 Å². The zero-order valence-electron chi connectivity index (χ0n) is 19.4. The van der Waals surface area contributed by atoms with Gasteiger partial charge in [0.15, 0.2) is 6.29 Å². The van der Waals surface area contributed by atoms with Crippen molar-refractivity contribution < 1.29 is 53.2 Å². The van der Waals surface area contributed by atoms with Crippen molar-refractivity contribution in [1.29, 1.82) is 0 Å². The van der Waals surface area contributed by atoms with Crippen LogP contribution in [0.1, 0.15) is 84.0 Å². The van der Waals surface area contributed by atoms with E-state index in [9.17, 15) is 19.6 Å². The number of hydrogen-bond donors (Lipinski definition) is 5. The number of hydrogen-bond acceptors (Lipinski definition) is 8. The van der Waals surface area contributed by atoms with Crippen LogP contribution in [-0.4, -0.2) is 75.2 Å². The third kappa shape index (κ3) is 13.6. The molecule has 0 aromatic rings. The molecule has 12 heteroatoms. The first kappa shape index (κ1) is 30.3. The summed E-state index contributed by atoms with van der Waals surface area (Å²) in [4.78, 5) is 28.8. The normalized spacial score (nSPS) is 25.8. The Morgan fingerprint density at radius 1 is 0.879 bits per heavy atom. The molecule has 1 aliphatic rings. The molecule has 5 atom stereocenters. The van der Waals surface area contributed by atoms with Gasteiger partial charge < -0.3 is 39.3 Å². The fourth-order valence-corrected chi connectivity index (χ4v) is 4.29. The molecule has 0 spiro atoms. The average molecular weight is 501 g/mol. The van der Waals surface area contributed by atoms with Crippen molar-refractivity contribution in [2.45, 2.75) is 115 Å². The van der Waals surface area contributed by atoms with Crippen LogP contribution >= 0.6 is 7.82 Å². The van der Waals surface area contributed by atoms with Gasteiger partial charge in [0.05, 0.1) is 0 Å². The third-order valence-corrected chi connectivity index (χ3v) is 6.07. The Morgan fingerprint density at radius 3 is 1.88 bits per heavy atom. The van der Waals surface area contributed by atoms with Gasteiger partial charge in [-0.2, -0.15) is 0 Å². The SMILES string of the molecule is CCCCCCCCCCCCCCO[C@H]1O[C@H](COC(=O)O)[C@@H](O)[C@H](O)[C@H]1OP(=O)(O)O. The number of carboxylic acid groups (broad SMARTS) is 1. The summed E-state index contributed by atoms with van der Waals surface area (Å²) in [7, 11) is -5.01. The first-order valence-corrected chi connectivity index (χ1v) is 13.4. The van der Waals surface area contributed by atoms with Crippen LogP contribution in [0.5, 0.6) is 0 Å². The maximum absolute atomic E-state index is 11.2. The summed E-state index contributed by atoms with van der Waals surface area (Å²) in [5, 5.41) is 28.9. The van der Waals surface area contributed by atoms with E-state index in [0.29, 0.717) is 6.42 Å². The molecular weight excluding hydrogens is 459 g/mol. The van der Waals surface area contributed by atoms with E-state index in [1.54, 1.807) is 0 Å². The fraction of sp³-hybridized carbons (Fsp3) is 0.952. The minimum absolute atomic E-state index is 0.179. The van der Waals surface area contributed by atoms with Crippen molar-refractivity contribution in [1.82, 2.24) is 0 Å². The smallest absolute Gasteiger partial charge is 0.450 e. The van der Waals surface area contributed by atoms with Gasteiger partial charge in [0, 0.05) is 6.61 Å². The lowest BCUT2D eigenvalue weighted by atomic mass is 9.99. The number of phosphoric ester groups is 1. The van der Waals surface area contributed by atoms with E-state index in [1.165, 1.54) is 51.4 Å². The number of unbranched alkanes of at least 4 members (excludes halogenated alkanes) is 11. The highest BCUT2D eigenvalue weighted by Gasteiger charge is 2.48. The second-order valence-electron chi connectivity index (χ2n) is 8.42. The molecule has 1 heterocycles. The predicted molar refractivity (Wildman–Crippen MR) is 119 cm³/mol. The molecule has 0 saturated carbocycles. The quantitative estimate of drug-likeness (QED) is 0.106. The van der Waals surface area contributed by atoms with Gasteiger partial charge in [-0.3, -0.25) is 4.52 Å². The minimum Gasteiger partial charge on any atom is -0.450 e. The maximum atomic E-state index is 11.2. The summed E-state index contributed by atoms with van der Waals surface area (Å²) < 4.78 is 31.1. The molecule has 1 saturated heterocycles. The van der Waals surface area contributed by atoms with Gasteiger partial charge in [-0.05, 0) is 6.42 Å². The molecule has 0 unspecified atom stereocenters. The monoisotopic (exact) mass is 500 g/mol. The van der Waals surface area contributed by atoms with Gasteiger partial charge in [0.2, 0.25) is 0 Å². The van der Waals surface area contributed by atoms with E-state index >= 15 is 0 Å². The molecule has 1 aliphatic heterocycles. The van der Waals surface area contributed by atoms with Crippen LogP contribution in [0.15, 0.2) is 0 Å². The van der Waals surface area contributed by atoms with Crippen LogP contribution in [0.25, 0.3) is 0 Å². The van der Waals surface area contributed by atoms with Gasteiger partial charge >= 0.3 is 14.0 Å². The summed E-state index contributed by atoms with van der Waals surface area (Å²) in [6.45, 7) is 1.80. The van der Waals surface area contributed by atoms with Gasteiger partial charge in [-0.25, -0.2) is 9.36 Å². The number of aliphatic hydroxyl groups excluding tert-OH is 2. The Morgan fingerprint density at radius 2 is 1.39 bits per heavy atom. The zero-order valence-corrected chi connectivity index (χ0v) is 20.3. The molecule has 0 aromatic heterocycles. The standard InChI is InChI=1S/C21H41O11P/c1-2-3-4-5-6-7-8-9-10-11-12-13-14-29-20-19(32-33(26,27)28)18(23)17(22)16(31-20)15-30-21(24)25/h16-20,22-23H,2-15H2,1H3,(H,24,25)(H2,26,27,28)/t16-,17-,18+,19-,20+/m1/s1. The lowest BCUT2D eigenvalue weighted by Gasteiger charge is -2.41. The molecule has 33 heavy (non-hydrogen) atoms. The van der Waals surface area contributed by atoms with Gasteiger partial charge in [-0.15, -0.1) is 0 Å². The van der Waals surface area contributed by atoms with E-state index in [1.807, 2.05) is 0 Å². The van der Waals surface area contributed by atoms with E-state index in [0.717, 1.165) is 19.3 Å². The van der Waals surface area contributed by atoms with E-state index in [-0.39, 0.29) is 6.61 Å². The van der Waals surface area contributed by atoms with Gasteiger partial charge in [0.25, 0.3) is 0 Å². The number of phosphoric acid groups is 1. The number of rotatable bonds is 18. The molecule has 0 aromatic carbocycles. The molecule has 1 fully saturated rings. The molecule has 0 bridgehead atoms. The lowest BCUT2D eigenvalue weighted by molar-refractivity contribution is -0.297. The summed E-state index contributed by atoms with van der Waals surface area (Å²) in [5.41, 5.74) is 0. The number of aliphatic hydroxyl groups is 2. The summed E-state index contributed by atoms with van der Waals surface area (Å²) in [6.07, 6.45) is 4.52. The maximum Gasteiger partial charge on any atom is 0.505 e. The largest absolute Gasteiger partial charge is 0.505 e. The molecule has 196 valence electrons. The lowest BCUT2D eigenvalue weighted by Crippen LogP contribution is -2.60. The molecule has 0 amide bonds. The Kier molecular flexibility index (Phi) is 15.4. The van der Waals surface area contributed by atoms with Crippen molar-refractivity contribution in [3.63, 3.8) is 0 Å². The van der Waals surface area contributed by atoms with Crippen LogP contribution in [0, 0.1) is 0 Å². The molecular formula is C21H41O11P. The van der Waals surface area contributed by atoms with Crippen LogP contribution in [0.4, 0.5) is 4.79 Å². The van der Waals surface area contributed by atoms with Crippen molar-refractivity contribution in [3.05, 3.63) is 0 Å². The van der Waals surface area contributed by atoms with E-state index < -0.39 is 51.3 Å². The first-order valence-electron chi connectivity index (χ1n) is 11.9. The number of carbonyl (C=O) groups is 1. The Hall–Kier alpha value is -0.780. The number of ether oxygens (including phenoxy) is 3. The van der Waals surface area contributed by atoms with Crippen LogP contribution in [0.3, 0.4) is 0 Å². The van der Waals surface area contributed by atoms with Gasteiger partial charge in [0.1, 0.15) is 31.0 Å². The van der Waals surface area contributed by atoms with Crippen molar-refractivity contribution in [2.75, 3.05) is 13.2 Å². The second kappa shape index (κ2) is 16.8. The molecule has 5 N–H and O–H groups in total. The zero-order chi connectivity index (χ0) is 24.7. The minimum atomic E-state index is -5.01. The van der Waals surface area contributed by atoms with Crippen LogP contribution in [-0.2, 0) is 23.3 Å². The highest BCUT2D eigenvalue weighted by atomic mass is 31.2. The third-order valence-electron chi connectivity index (χ3n) is 5.55. The molecule has 0 aliphatic carbocycles. The Bertz CT molecular complexity index is 570. The van der Waals surface area contributed by atoms with Crippen LogP contribution in [0.2, 0.25) is 0 Å².